The van der Waals surface area contributed by atoms with Crippen LogP contribution in [0.5, 0.6) is 5.75 Å². The molecule has 0 bridgehead atoms. The molecule has 102 valence electrons. The first-order valence-electron chi connectivity index (χ1n) is 9.21. The molecule has 0 fully saturated rings. The minimum Gasteiger partial charge on any atom is -0.485 e. The molecule has 1 atom stereocenters. The van der Waals surface area contributed by atoms with E-state index in [-0.39, 0.29) is 24.7 Å². The van der Waals surface area contributed by atoms with E-state index >= 15 is 0 Å². The second kappa shape index (κ2) is 7.82. The van der Waals surface area contributed by atoms with Crippen molar-refractivity contribution in [2.45, 2.75) is 19.4 Å². The minimum absolute atomic E-state index is 0. The van der Waals surface area contributed by atoms with Crippen molar-refractivity contribution >= 4 is 12.4 Å². The van der Waals surface area contributed by atoms with E-state index < -0.39 is 42.7 Å². The van der Waals surface area contributed by atoms with Crippen LogP contribution in [0.2, 0.25) is 0 Å². The van der Waals surface area contributed by atoms with Crippen molar-refractivity contribution in [3.8, 4) is 5.75 Å². The molecule has 0 saturated heterocycles. The first-order valence-corrected chi connectivity index (χ1v) is 5.71. The third-order valence-electron chi connectivity index (χ3n) is 2.51. The maximum Gasteiger partial charge on any atom is 0.125 e. The zero-order chi connectivity index (χ0) is 18.8. The van der Waals surface area contributed by atoms with Crippen LogP contribution in [0, 0.1) is 6.85 Å². The van der Waals surface area contributed by atoms with Gasteiger partial charge in [-0.05, 0) is 30.6 Å². The number of halogens is 1. The Morgan fingerprint density at radius 2 is 2.00 bits per heavy atom. The van der Waals surface area contributed by atoms with Gasteiger partial charge in [0, 0.05) is 10.5 Å². The first-order chi connectivity index (χ1) is 11.7. The molecule has 2 aromatic rings. The van der Waals surface area contributed by atoms with Gasteiger partial charge in [0.1, 0.15) is 11.9 Å². The van der Waals surface area contributed by atoms with Crippen LogP contribution in [0.25, 0.3) is 0 Å². The van der Waals surface area contributed by atoms with Crippen LogP contribution in [0.4, 0.5) is 0 Å². The Labute approximate surface area is 130 Å². The smallest absolute Gasteiger partial charge is 0.125 e. The normalized spacial score (nSPS) is 17.4. The Bertz CT molecular complexity index is 753. The summed E-state index contributed by atoms with van der Waals surface area (Å²) in [6, 6.07) is 6.75. The zero-order valence-electron chi connectivity index (χ0n) is 17.3. The molecule has 0 heterocycles. The summed E-state index contributed by atoms with van der Waals surface area (Å²) in [6.45, 7) is -2.47. The highest BCUT2D eigenvalue weighted by molar-refractivity contribution is 5.85. The van der Waals surface area contributed by atoms with E-state index in [0.29, 0.717) is 6.42 Å². The summed E-state index contributed by atoms with van der Waals surface area (Å²) in [5.41, 5.74) is 5.85. The third-order valence-corrected chi connectivity index (χ3v) is 2.51. The largest absolute Gasteiger partial charge is 0.485 e. The van der Waals surface area contributed by atoms with E-state index in [1.54, 1.807) is 24.3 Å². The van der Waals surface area contributed by atoms with E-state index in [1.165, 1.54) is 0 Å². The summed E-state index contributed by atoms with van der Waals surface area (Å²) in [4.78, 5) is 0. The Kier molecular flexibility index (Phi) is 3.26. The average molecular weight is 285 g/mol. The topological polar surface area (TPSA) is 35.2 Å². The molecular weight excluding hydrogens is 258 g/mol. The molecule has 0 aliphatic carbocycles. The van der Waals surface area contributed by atoms with Crippen LogP contribution in [0.15, 0.2) is 54.5 Å². The number of para-hydroxylation sites is 1. The SMILES string of the molecule is Cl.[2H]c1c([2H])c([2H])c(C([2H])([2H])[2H])c(OC(CCN)c2ccccc2)c1[2H]. The lowest BCUT2D eigenvalue weighted by molar-refractivity contribution is 0.196. The van der Waals surface area contributed by atoms with Crippen LogP contribution in [0.1, 0.15) is 33.2 Å². The highest BCUT2D eigenvalue weighted by Gasteiger charge is 2.13. The highest BCUT2D eigenvalue weighted by Crippen LogP contribution is 2.26. The molecule has 0 amide bonds. The van der Waals surface area contributed by atoms with Crippen LogP contribution in [0.3, 0.4) is 0 Å². The van der Waals surface area contributed by atoms with E-state index in [0.717, 1.165) is 5.56 Å². The average Bonchev–Trinajstić information content (AvgIpc) is 2.56. The molecule has 0 aliphatic rings. The van der Waals surface area contributed by atoms with E-state index in [4.69, 9.17) is 20.1 Å². The summed E-state index contributed by atoms with van der Waals surface area (Å²) in [5.74, 6) is -0.353. The fourth-order valence-corrected chi connectivity index (χ4v) is 1.64. The van der Waals surface area contributed by atoms with Gasteiger partial charge in [-0.1, -0.05) is 48.5 Å². The van der Waals surface area contributed by atoms with Crippen molar-refractivity contribution in [1.82, 2.24) is 0 Å². The van der Waals surface area contributed by atoms with Gasteiger partial charge in [-0.3, -0.25) is 0 Å². The first kappa shape index (κ1) is 7.93. The molecule has 2 N–H and O–H groups in total. The van der Waals surface area contributed by atoms with Crippen LogP contribution < -0.4 is 10.5 Å². The Hall–Kier alpha value is -1.51. The predicted molar refractivity (Wildman–Crippen MR) is 81.9 cm³/mol. The van der Waals surface area contributed by atoms with Gasteiger partial charge in [-0.15, -0.1) is 12.4 Å². The lowest BCUT2D eigenvalue weighted by Gasteiger charge is -2.20. The van der Waals surface area contributed by atoms with Gasteiger partial charge >= 0.3 is 0 Å². The van der Waals surface area contributed by atoms with Gasteiger partial charge in [-0.2, -0.15) is 0 Å². The minimum atomic E-state index is -2.74. The number of benzene rings is 2. The Balaban J connectivity index is 0.00000338. The van der Waals surface area contributed by atoms with Crippen molar-refractivity contribution in [3.63, 3.8) is 0 Å². The number of hydrogen-bond acceptors (Lipinski definition) is 2. The summed E-state index contributed by atoms with van der Waals surface area (Å²) in [5, 5.41) is 0. The number of hydrogen-bond donors (Lipinski definition) is 1. The maximum atomic E-state index is 8.04. The van der Waals surface area contributed by atoms with E-state index in [1.807, 2.05) is 6.07 Å². The molecule has 2 aromatic carbocycles. The lowest BCUT2D eigenvalue weighted by atomic mass is 10.1. The number of ether oxygens (including phenoxy) is 1. The molecule has 0 aromatic heterocycles. The second-order valence-corrected chi connectivity index (χ2v) is 3.80. The van der Waals surface area contributed by atoms with Crippen LogP contribution in [-0.4, -0.2) is 6.54 Å². The fraction of sp³-hybridized carbons (Fsp3) is 0.250. The molecule has 2 nitrogen and oxygen atoms in total. The maximum absolute atomic E-state index is 8.04. The fourth-order valence-electron chi connectivity index (χ4n) is 1.64. The lowest BCUT2D eigenvalue weighted by Crippen LogP contribution is -2.13. The Morgan fingerprint density at radius 3 is 2.68 bits per heavy atom. The monoisotopic (exact) mass is 284 g/mol. The second-order valence-electron chi connectivity index (χ2n) is 3.80. The molecule has 3 heteroatoms. The standard InChI is InChI=1S/C16H19NO.ClH/c1-13-7-5-6-10-15(13)18-16(11-12-17)14-8-3-2-4-9-14;/h2-10,16H,11-12,17H2,1H3;1H/i1D3,5D,6D,7D,10D;. The molecule has 0 spiro atoms. The molecule has 0 saturated carbocycles. The number of nitrogens with two attached hydrogens (primary N) is 1. The summed E-state index contributed by atoms with van der Waals surface area (Å²) < 4.78 is 60.2. The molecule has 0 aliphatic heterocycles. The summed E-state index contributed by atoms with van der Waals surface area (Å²) >= 11 is 0. The predicted octanol–water partition coefficient (Wildman–Crippen LogP) is 3.89. The van der Waals surface area contributed by atoms with Gasteiger partial charge in [0.05, 0.1) is 5.48 Å². The van der Waals surface area contributed by atoms with E-state index in [9.17, 15) is 0 Å². The summed E-state index contributed by atoms with van der Waals surface area (Å²) in [7, 11) is 0. The van der Waals surface area contributed by atoms with Crippen LogP contribution >= 0.6 is 12.4 Å². The quantitative estimate of drug-likeness (QED) is 0.904. The molecule has 19 heavy (non-hydrogen) atoms. The Morgan fingerprint density at radius 1 is 1.26 bits per heavy atom. The van der Waals surface area contributed by atoms with Crippen molar-refractivity contribution in [3.05, 3.63) is 65.6 Å². The van der Waals surface area contributed by atoms with Gasteiger partial charge < -0.3 is 10.5 Å². The van der Waals surface area contributed by atoms with Crippen LogP contribution in [-0.2, 0) is 0 Å². The van der Waals surface area contributed by atoms with Crippen molar-refractivity contribution in [2.24, 2.45) is 5.73 Å². The van der Waals surface area contributed by atoms with Crippen molar-refractivity contribution in [1.29, 1.82) is 0 Å². The molecule has 1 unspecified atom stereocenters. The molecular formula is C16H20ClNO. The van der Waals surface area contributed by atoms with E-state index in [2.05, 4.69) is 0 Å². The van der Waals surface area contributed by atoms with Gasteiger partial charge in [0.2, 0.25) is 0 Å². The van der Waals surface area contributed by atoms with Gasteiger partial charge in [0.15, 0.2) is 0 Å². The zero-order valence-corrected chi connectivity index (χ0v) is 11.1. The number of rotatable bonds is 5. The third kappa shape index (κ3) is 4.27. The van der Waals surface area contributed by atoms with Crippen molar-refractivity contribution in [2.75, 3.05) is 6.54 Å². The molecule has 0 radical (unpaired) electrons. The molecule has 2 rings (SSSR count). The summed E-state index contributed by atoms with van der Waals surface area (Å²) in [6.07, 6.45) is -0.250. The highest BCUT2D eigenvalue weighted by atomic mass is 35.5. The van der Waals surface area contributed by atoms with Gasteiger partial charge in [-0.25, -0.2) is 0 Å². The van der Waals surface area contributed by atoms with Crippen molar-refractivity contribution < 1.29 is 14.3 Å². The van der Waals surface area contributed by atoms with Gasteiger partial charge in [0.25, 0.3) is 0 Å².